The van der Waals surface area contributed by atoms with E-state index in [1.165, 1.54) is 5.56 Å². The Hall–Kier alpha value is -3.67. The molecule has 3 heterocycles. The molecule has 0 aliphatic carbocycles. The molecule has 2 amide bonds. The fourth-order valence-corrected chi connectivity index (χ4v) is 4.70. The first-order chi connectivity index (χ1) is 16.1. The van der Waals surface area contributed by atoms with Crippen molar-refractivity contribution in [1.29, 1.82) is 0 Å². The zero-order valence-corrected chi connectivity index (χ0v) is 18.9. The third-order valence-corrected chi connectivity index (χ3v) is 6.58. The molecule has 2 aromatic carbocycles. The van der Waals surface area contributed by atoms with Gasteiger partial charge in [-0.3, -0.25) is 9.59 Å². The first-order valence-corrected chi connectivity index (χ1v) is 11.6. The number of pyridine rings is 1. The average molecular weight is 441 g/mol. The van der Waals surface area contributed by atoms with Crippen molar-refractivity contribution in [3.8, 4) is 11.1 Å². The zero-order chi connectivity index (χ0) is 22.8. The molecular weight excluding hydrogens is 412 g/mol. The summed E-state index contributed by atoms with van der Waals surface area (Å²) in [5.41, 5.74) is 5.14. The second kappa shape index (κ2) is 9.06. The second-order valence-electron chi connectivity index (χ2n) is 8.54. The number of nitrogens with zero attached hydrogens (tertiary/aromatic N) is 4. The van der Waals surface area contributed by atoms with Crippen LogP contribution in [0.1, 0.15) is 29.3 Å². The van der Waals surface area contributed by atoms with Crippen molar-refractivity contribution in [3.05, 3.63) is 78.0 Å². The number of carbonyl (C=O) groups excluding carboxylic acids is 2. The van der Waals surface area contributed by atoms with Crippen LogP contribution in [0.15, 0.2) is 66.9 Å². The van der Waals surface area contributed by atoms with Gasteiger partial charge in [-0.05, 0) is 59.5 Å². The maximum atomic E-state index is 13.0. The van der Waals surface area contributed by atoms with Gasteiger partial charge in [-0.1, -0.05) is 31.2 Å². The molecule has 0 atom stereocenters. The van der Waals surface area contributed by atoms with Gasteiger partial charge in [0.25, 0.3) is 5.91 Å². The molecule has 3 aromatic rings. The van der Waals surface area contributed by atoms with E-state index < -0.39 is 0 Å². The topological polar surface area (TPSA) is 56.8 Å². The normalized spacial score (nSPS) is 15.5. The van der Waals surface area contributed by atoms with Gasteiger partial charge in [-0.25, -0.2) is 4.98 Å². The third kappa shape index (κ3) is 4.21. The predicted octanol–water partition coefficient (Wildman–Crippen LogP) is 4.01. The molecule has 0 unspecified atom stereocenters. The van der Waals surface area contributed by atoms with E-state index in [0.717, 1.165) is 48.7 Å². The van der Waals surface area contributed by atoms with Gasteiger partial charge < -0.3 is 14.7 Å². The van der Waals surface area contributed by atoms with Crippen molar-refractivity contribution in [2.75, 3.05) is 42.5 Å². The second-order valence-corrected chi connectivity index (χ2v) is 8.54. The third-order valence-electron chi connectivity index (χ3n) is 6.58. The lowest BCUT2D eigenvalue weighted by atomic mass is 10.00. The van der Waals surface area contributed by atoms with Gasteiger partial charge in [0.15, 0.2) is 0 Å². The summed E-state index contributed by atoms with van der Waals surface area (Å²) in [6.07, 6.45) is 3.21. The highest BCUT2D eigenvalue weighted by Crippen LogP contribution is 2.33. The van der Waals surface area contributed by atoms with Crippen LogP contribution >= 0.6 is 0 Å². The van der Waals surface area contributed by atoms with E-state index >= 15 is 0 Å². The summed E-state index contributed by atoms with van der Waals surface area (Å²) < 4.78 is 0. The number of fused-ring (bicyclic) bond motifs is 1. The van der Waals surface area contributed by atoms with Gasteiger partial charge in [0.2, 0.25) is 5.91 Å². The van der Waals surface area contributed by atoms with E-state index in [1.54, 1.807) is 6.20 Å². The fraction of sp³-hybridized carbons (Fsp3) is 0.296. The maximum Gasteiger partial charge on any atom is 0.253 e. The summed E-state index contributed by atoms with van der Waals surface area (Å²) >= 11 is 0. The van der Waals surface area contributed by atoms with Crippen LogP contribution in [0.25, 0.3) is 11.1 Å². The first kappa shape index (κ1) is 21.2. The number of amides is 2. The monoisotopic (exact) mass is 440 g/mol. The minimum Gasteiger partial charge on any atom is -0.353 e. The molecular formula is C27H28N4O2. The summed E-state index contributed by atoms with van der Waals surface area (Å²) in [5, 5.41) is 0. The molecule has 0 N–H and O–H groups in total. The number of benzene rings is 2. The Kier molecular flexibility index (Phi) is 5.82. The summed E-state index contributed by atoms with van der Waals surface area (Å²) in [4.78, 5) is 35.6. The summed E-state index contributed by atoms with van der Waals surface area (Å²) in [6, 6.07) is 20.1. The van der Waals surface area contributed by atoms with Crippen LogP contribution in [-0.2, 0) is 11.2 Å². The smallest absolute Gasteiger partial charge is 0.253 e. The Bertz CT molecular complexity index is 1150. The van der Waals surface area contributed by atoms with Crippen molar-refractivity contribution >= 4 is 23.3 Å². The van der Waals surface area contributed by atoms with Crippen LogP contribution in [-0.4, -0.2) is 54.4 Å². The maximum absolute atomic E-state index is 13.0. The van der Waals surface area contributed by atoms with E-state index in [9.17, 15) is 9.59 Å². The zero-order valence-electron chi connectivity index (χ0n) is 18.9. The number of rotatable bonds is 4. The van der Waals surface area contributed by atoms with Crippen molar-refractivity contribution in [3.63, 3.8) is 0 Å². The largest absolute Gasteiger partial charge is 0.353 e. The van der Waals surface area contributed by atoms with Crippen LogP contribution in [0.4, 0.5) is 11.5 Å². The van der Waals surface area contributed by atoms with Crippen molar-refractivity contribution in [1.82, 2.24) is 9.88 Å². The molecule has 2 aliphatic heterocycles. The van der Waals surface area contributed by atoms with Crippen LogP contribution < -0.4 is 9.80 Å². The molecule has 33 heavy (non-hydrogen) atoms. The Morgan fingerprint density at radius 1 is 0.879 bits per heavy atom. The van der Waals surface area contributed by atoms with Crippen LogP contribution in [0, 0.1) is 0 Å². The van der Waals surface area contributed by atoms with E-state index in [4.69, 9.17) is 0 Å². The molecule has 168 valence electrons. The summed E-state index contributed by atoms with van der Waals surface area (Å²) in [6.45, 7) is 5.61. The van der Waals surface area contributed by atoms with Crippen molar-refractivity contribution < 1.29 is 9.59 Å². The van der Waals surface area contributed by atoms with Crippen molar-refractivity contribution in [2.24, 2.45) is 0 Å². The Labute approximate surface area is 194 Å². The highest BCUT2D eigenvalue weighted by molar-refractivity contribution is 5.96. The van der Waals surface area contributed by atoms with Crippen LogP contribution in [0.3, 0.4) is 0 Å². The van der Waals surface area contributed by atoms with Gasteiger partial charge in [0, 0.05) is 56.6 Å². The van der Waals surface area contributed by atoms with Crippen LogP contribution in [0.2, 0.25) is 0 Å². The molecule has 5 rings (SSSR count). The number of hydrogen-bond donors (Lipinski definition) is 0. The highest BCUT2D eigenvalue weighted by atomic mass is 16.2. The molecule has 6 heteroatoms. The quantitative estimate of drug-likeness (QED) is 0.615. The molecule has 0 spiro atoms. The molecule has 0 bridgehead atoms. The average Bonchev–Trinajstić information content (AvgIpc) is 3.32. The van der Waals surface area contributed by atoms with Gasteiger partial charge in [0.05, 0.1) is 0 Å². The standard InChI is InChI=1S/C27H28N4O2/c1-2-26(32)31-14-12-23-19-22(10-11-24(23)31)20-6-8-21(9-7-20)27(33)30-17-15-29(16-18-30)25-5-3-4-13-28-25/h3-11,13,19H,2,12,14-18H2,1H3. The Balaban J connectivity index is 1.25. The number of aromatic nitrogens is 1. The van der Waals surface area contributed by atoms with E-state index in [2.05, 4.69) is 22.0 Å². The Morgan fingerprint density at radius 2 is 1.64 bits per heavy atom. The molecule has 0 radical (unpaired) electrons. The molecule has 1 fully saturated rings. The lowest BCUT2D eigenvalue weighted by molar-refractivity contribution is -0.118. The van der Waals surface area contributed by atoms with Crippen LogP contribution in [0.5, 0.6) is 0 Å². The van der Waals surface area contributed by atoms with E-state index in [1.807, 2.05) is 65.3 Å². The lowest BCUT2D eigenvalue weighted by Crippen LogP contribution is -2.49. The number of anilines is 2. The molecule has 6 nitrogen and oxygen atoms in total. The lowest BCUT2D eigenvalue weighted by Gasteiger charge is -2.35. The van der Waals surface area contributed by atoms with Gasteiger partial charge in [-0.15, -0.1) is 0 Å². The fourth-order valence-electron chi connectivity index (χ4n) is 4.70. The van der Waals surface area contributed by atoms with E-state index in [0.29, 0.717) is 25.1 Å². The van der Waals surface area contributed by atoms with E-state index in [-0.39, 0.29) is 11.8 Å². The minimum absolute atomic E-state index is 0.0740. The molecule has 0 saturated carbocycles. The summed E-state index contributed by atoms with van der Waals surface area (Å²) in [7, 11) is 0. The van der Waals surface area contributed by atoms with Gasteiger partial charge in [0.1, 0.15) is 5.82 Å². The summed E-state index contributed by atoms with van der Waals surface area (Å²) in [5.74, 6) is 1.21. The number of carbonyl (C=O) groups is 2. The SMILES string of the molecule is CCC(=O)N1CCc2cc(-c3ccc(C(=O)N4CCN(c5ccccn5)CC4)cc3)ccc21. The minimum atomic E-state index is 0.0740. The van der Waals surface area contributed by atoms with Gasteiger partial charge >= 0.3 is 0 Å². The Morgan fingerprint density at radius 3 is 2.33 bits per heavy atom. The highest BCUT2D eigenvalue weighted by Gasteiger charge is 2.24. The van der Waals surface area contributed by atoms with Gasteiger partial charge in [-0.2, -0.15) is 0 Å². The molecule has 1 aromatic heterocycles. The molecule has 1 saturated heterocycles. The molecule has 2 aliphatic rings. The van der Waals surface area contributed by atoms with Crippen molar-refractivity contribution in [2.45, 2.75) is 19.8 Å². The predicted molar refractivity (Wildman–Crippen MR) is 131 cm³/mol. The number of hydrogen-bond acceptors (Lipinski definition) is 4. The number of piperazine rings is 1. The first-order valence-electron chi connectivity index (χ1n) is 11.6.